The Morgan fingerprint density at radius 2 is 2.14 bits per heavy atom. The van der Waals surface area contributed by atoms with Crippen LogP contribution in [0, 0.1) is 0 Å². The van der Waals surface area contributed by atoms with E-state index in [1.807, 2.05) is 17.0 Å². The average molecular weight is 308 g/mol. The predicted molar refractivity (Wildman–Crippen MR) is 87.8 cm³/mol. The fourth-order valence-corrected chi connectivity index (χ4v) is 2.94. The van der Waals surface area contributed by atoms with Gasteiger partial charge in [-0.2, -0.15) is 0 Å². The first kappa shape index (κ1) is 16.3. The van der Waals surface area contributed by atoms with Crippen molar-refractivity contribution in [2.75, 3.05) is 23.8 Å². The molecular weight excluding hydrogens is 284 g/mol. The third kappa shape index (κ3) is 5.32. The average Bonchev–Trinajstić information content (AvgIpc) is 2.95. The lowest BCUT2D eigenvalue weighted by molar-refractivity contribution is -0.116. The first-order chi connectivity index (χ1) is 9.96. The van der Waals surface area contributed by atoms with E-state index in [4.69, 9.17) is 4.74 Å². The van der Waals surface area contributed by atoms with Crippen LogP contribution in [0.2, 0.25) is 0 Å². The van der Waals surface area contributed by atoms with Gasteiger partial charge in [0.1, 0.15) is 0 Å². The summed E-state index contributed by atoms with van der Waals surface area (Å²) < 4.78 is 5.77. The maximum Gasteiger partial charge on any atom is 0.237 e. The molecule has 0 aliphatic carbocycles. The zero-order chi connectivity index (χ0) is 15.3. The summed E-state index contributed by atoms with van der Waals surface area (Å²) in [7, 11) is 0. The zero-order valence-corrected chi connectivity index (χ0v) is 13.9. The van der Waals surface area contributed by atoms with E-state index in [-0.39, 0.29) is 16.8 Å². The Morgan fingerprint density at radius 1 is 1.43 bits per heavy atom. The fourth-order valence-electron chi connectivity index (χ4n) is 2.22. The van der Waals surface area contributed by atoms with Crippen molar-refractivity contribution in [2.24, 2.45) is 0 Å². The lowest BCUT2D eigenvalue weighted by Gasteiger charge is -2.27. The lowest BCUT2D eigenvalue weighted by atomic mass is 10.2. The maximum absolute atomic E-state index is 12.6. The standard InChI is InChI=1S/C16H24N2O2S/c1-16(2,3)21-12-15(19)18(11-14-5-4-10-20-14)13-6-8-17-9-7-13/h6-9,14H,4-5,10-12H2,1-3H3/t14-/m0/s1. The van der Waals surface area contributed by atoms with Gasteiger partial charge in [-0.15, -0.1) is 11.8 Å². The highest BCUT2D eigenvalue weighted by Crippen LogP contribution is 2.25. The topological polar surface area (TPSA) is 42.4 Å². The summed E-state index contributed by atoms with van der Waals surface area (Å²) in [4.78, 5) is 18.5. The Bertz CT molecular complexity index is 453. The van der Waals surface area contributed by atoms with Gasteiger partial charge in [0.05, 0.1) is 18.4 Å². The van der Waals surface area contributed by atoms with Crippen LogP contribution < -0.4 is 4.90 Å². The van der Waals surface area contributed by atoms with Gasteiger partial charge in [-0.05, 0) is 25.0 Å². The van der Waals surface area contributed by atoms with E-state index >= 15 is 0 Å². The van der Waals surface area contributed by atoms with Gasteiger partial charge in [0.2, 0.25) is 5.91 Å². The monoisotopic (exact) mass is 308 g/mol. The Labute approximate surface area is 131 Å². The molecule has 1 atom stereocenters. The van der Waals surface area contributed by atoms with Crippen LogP contribution in [0.15, 0.2) is 24.5 Å². The van der Waals surface area contributed by atoms with Crippen molar-refractivity contribution in [2.45, 2.75) is 44.5 Å². The quantitative estimate of drug-likeness (QED) is 0.838. The van der Waals surface area contributed by atoms with E-state index in [0.29, 0.717) is 12.3 Å². The molecule has 21 heavy (non-hydrogen) atoms. The van der Waals surface area contributed by atoms with E-state index < -0.39 is 0 Å². The molecular formula is C16H24N2O2S. The molecule has 0 radical (unpaired) electrons. The summed E-state index contributed by atoms with van der Waals surface area (Å²) in [6, 6.07) is 3.77. The van der Waals surface area contributed by atoms with Gasteiger partial charge in [0.15, 0.2) is 0 Å². The van der Waals surface area contributed by atoms with Gasteiger partial charge < -0.3 is 9.64 Å². The van der Waals surface area contributed by atoms with Crippen molar-refractivity contribution in [1.29, 1.82) is 0 Å². The number of pyridine rings is 1. The number of rotatable bonds is 5. The van der Waals surface area contributed by atoms with Crippen LogP contribution in [0.1, 0.15) is 33.6 Å². The number of nitrogens with zero attached hydrogens (tertiary/aromatic N) is 2. The van der Waals surface area contributed by atoms with Crippen LogP contribution in [-0.4, -0.2) is 40.6 Å². The normalized spacial score (nSPS) is 18.7. The van der Waals surface area contributed by atoms with Crippen molar-refractivity contribution < 1.29 is 9.53 Å². The Kier molecular flexibility index (Phi) is 5.65. The molecule has 0 N–H and O–H groups in total. The number of anilines is 1. The Hall–Kier alpha value is -1.07. The number of amides is 1. The largest absolute Gasteiger partial charge is 0.376 e. The minimum absolute atomic E-state index is 0.0867. The summed E-state index contributed by atoms with van der Waals surface area (Å²) in [6.45, 7) is 7.82. The summed E-state index contributed by atoms with van der Waals surface area (Å²) in [5.41, 5.74) is 0.903. The SMILES string of the molecule is CC(C)(C)SCC(=O)N(C[C@@H]1CCCO1)c1ccncc1. The minimum atomic E-state index is 0.0867. The van der Waals surface area contributed by atoms with Gasteiger partial charge >= 0.3 is 0 Å². The number of hydrogen-bond donors (Lipinski definition) is 0. The molecule has 1 saturated heterocycles. The first-order valence-corrected chi connectivity index (χ1v) is 8.40. The van der Waals surface area contributed by atoms with E-state index in [1.54, 1.807) is 24.2 Å². The molecule has 1 aromatic heterocycles. The highest BCUT2D eigenvalue weighted by atomic mass is 32.2. The molecule has 0 saturated carbocycles. The van der Waals surface area contributed by atoms with Gasteiger partial charge in [-0.25, -0.2) is 0 Å². The number of ether oxygens (including phenoxy) is 1. The summed E-state index contributed by atoms with van der Waals surface area (Å²) in [5, 5.41) is 0. The number of carbonyl (C=O) groups excluding carboxylic acids is 1. The highest BCUT2D eigenvalue weighted by molar-refractivity contribution is 8.01. The van der Waals surface area contributed by atoms with Crippen LogP contribution in [-0.2, 0) is 9.53 Å². The molecule has 0 bridgehead atoms. The maximum atomic E-state index is 12.6. The Balaban J connectivity index is 2.05. The van der Waals surface area contributed by atoms with Crippen molar-refractivity contribution in [3.63, 3.8) is 0 Å². The minimum Gasteiger partial charge on any atom is -0.376 e. The highest BCUT2D eigenvalue weighted by Gasteiger charge is 2.25. The molecule has 116 valence electrons. The van der Waals surface area contributed by atoms with E-state index in [0.717, 1.165) is 25.1 Å². The third-order valence-corrected chi connectivity index (χ3v) is 4.57. The molecule has 0 aromatic carbocycles. The second-order valence-corrected chi connectivity index (χ2v) is 8.05. The second-order valence-electron chi connectivity index (χ2n) is 6.25. The number of aromatic nitrogens is 1. The van der Waals surface area contributed by atoms with Crippen molar-refractivity contribution in [3.05, 3.63) is 24.5 Å². The molecule has 5 heteroatoms. The van der Waals surface area contributed by atoms with Gasteiger partial charge in [0, 0.05) is 29.4 Å². The molecule has 1 aromatic rings. The summed E-state index contributed by atoms with van der Waals surface area (Å²) in [6.07, 6.45) is 5.72. The molecule has 4 nitrogen and oxygen atoms in total. The van der Waals surface area contributed by atoms with Crippen LogP contribution in [0.5, 0.6) is 0 Å². The molecule has 1 fully saturated rings. The lowest BCUT2D eigenvalue weighted by Crippen LogP contribution is -2.39. The van der Waals surface area contributed by atoms with Crippen LogP contribution >= 0.6 is 11.8 Å². The molecule has 2 heterocycles. The number of carbonyl (C=O) groups is 1. The third-order valence-electron chi connectivity index (χ3n) is 3.31. The first-order valence-electron chi connectivity index (χ1n) is 7.42. The smallest absolute Gasteiger partial charge is 0.237 e. The van der Waals surface area contributed by atoms with Gasteiger partial charge in [0.25, 0.3) is 0 Å². The van der Waals surface area contributed by atoms with Crippen molar-refractivity contribution >= 4 is 23.4 Å². The molecule has 2 rings (SSSR count). The van der Waals surface area contributed by atoms with Gasteiger partial charge in [-0.3, -0.25) is 9.78 Å². The predicted octanol–water partition coefficient (Wildman–Crippen LogP) is 3.13. The fraction of sp³-hybridized carbons (Fsp3) is 0.625. The second kappa shape index (κ2) is 7.27. The Morgan fingerprint density at radius 3 is 2.71 bits per heavy atom. The van der Waals surface area contributed by atoms with Gasteiger partial charge in [-0.1, -0.05) is 20.8 Å². The van der Waals surface area contributed by atoms with Crippen LogP contribution in [0.4, 0.5) is 5.69 Å². The molecule has 1 amide bonds. The summed E-state index contributed by atoms with van der Waals surface area (Å²) >= 11 is 1.67. The van der Waals surface area contributed by atoms with E-state index in [9.17, 15) is 4.79 Å². The molecule has 1 aliphatic heterocycles. The molecule has 0 unspecified atom stereocenters. The zero-order valence-electron chi connectivity index (χ0n) is 13.0. The number of hydrogen-bond acceptors (Lipinski definition) is 4. The van der Waals surface area contributed by atoms with E-state index in [2.05, 4.69) is 25.8 Å². The van der Waals surface area contributed by atoms with Crippen molar-refractivity contribution in [3.8, 4) is 0 Å². The summed E-state index contributed by atoms with van der Waals surface area (Å²) in [5.74, 6) is 0.620. The van der Waals surface area contributed by atoms with Crippen molar-refractivity contribution in [1.82, 2.24) is 4.98 Å². The van der Waals surface area contributed by atoms with E-state index in [1.165, 1.54) is 0 Å². The molecule has 1 aliphatic rings. The van der Waals surface area contributed by atoms with Crippen LogP contribution in [0.3, 0.4) is 0 Å². The molecule has 0 spiro atoms. The van der Waals surface area contributed by atoms with Crippen LogP contribution in [0.25, 0.3) is 0 Å². The number of thioether (sulfide) groups is 1.